The molecule has 2 aliphatic heterocycles. The standard InChI is InChI=1S/C22H27N5O6S/c1-25(2)17-8-3-7-15-14(17)6-4-10-19(15)34(32,33)24-16-11-12-20(28)26-13-5-9-18(21(29)23-31)27(26)22(16)30/h3-4,6-8,10,16,18,24,31H,5,9,11-13H2,1-2H3,(H,23,29)/t16-,18-/m0/s1. The number of carbonyl (C=O) groups is 3. The van der Waals surface area contributed by atoms with Crippen molar-refractivity contribution in [2.45, 2.75) is 42.7 Å². The Balaban J connectivity index is 1.71. The van der Waals surface area contributed by atoms with Crippen molar-refractivity contribution >= 4 is 44.2 Å². The lowest BCUT2D eigenvalue weighted by Gasteiger charge is -2.42. The van der Waals surface area contributed by atoms with Gasteiger partial charge in [0.15, 0.2) is 0 Å². The highest BCUT2D eigenvalue weighted by Gasteiger charge is 2.45. The lowest BCUT2D eigenvalue weighted by atomic mass is 10.1. The summed E-state index contributed by atoms with van der Waals surface area (Å²) in [5.41, 5.74) is 2.37. The number of benzene rings is 2. The van der Waals surface area contributed by atoms with Crippen LogP contribution in [0.2, 0.25) is 0 Å². The molecule has 0 spiro atoms. The van der Waals surface area contributed by atoms with Gasteiger partial charge in [0.05, 0.1) is 4.90 Å². The molecule has 0 saturated carbocycles. The van der Waals surface area contributed by atoms with Gasteiger partial charge < -0.3 is 4.90 Å². The molecule has 0 unspecified atom stereocenters. The van der Waals surface area contributed by atoms with Crippen molar-refractivity contribution < 1.29 is 28.0 Å². The fourth-order valence-corrected chi connectivity index (χ4v) is 6.04. The molecule has 2 aromatic rings. The van der Waals surface area contributed by atoms with Crippen molar-refractivity contribution in [3.05, 3.63) is 36.4 Å². The van der Waals surface area contributed by atoms with Crippen LogP contribution in [0, 0.1) is 0 Å². The maximum atomic E-state index is 13.5. The quantitative estimate of drug-likeness (QED) is 0.413. The number of fused-ring (bicyclic) bond motifs is 2. The van der Waals surface area contributed by atoms with E-state index < -0.39 is 33.9 Å². The van der Waals surface area contributed by atoms with E-state index >= 15 is 0 Å². The van der Waals surface area contributed by atoms with E-state index in [2.05, 4.69) is 4.72 Å². The van der Waals surface area contributed by atoms with Gasteiger partial charge >= 0.3 is 0 Å². The van der Waals surface area contributed by atoms with E-state index in [0.717, 1.165) is 16.1 Å². The van der Waals surface area contributed by atoms with E-state index in [0.29, 0.717) is 11.8 Å². The summed E-state index contributed by atoms with van der Waals surface area (Å²) in [6.07, 6.45) is 0.584. The van der Waals surface area contributed by atoms with Gasteiger partial charge in [-0.3, -0.25) is 24.6 Å². The Labute approximate surface area is 197 Å². The molecule has 11 nitrogen and oxygen atoms in total. The number of carbonyl (C=O) groups excluding carboxylic acids is 3. The summed E-state index contributed by atoms with van der Waals surface area (Å²) in [5.74, 6) is -1.93. The molecule has 2 saturated heterocycles. The zero-order valence-corrected chi connectivity index (χ0v) is 19.7. The molecule has 2 heterocycles. The minimum atomic E-state index is -4.17. The van der Waals surface area contributed by atoms with Crippen molar-refractivity contribution in [1.29, 1.82) is 0 Å². The first kappa shape index (κ1) is 23.9. The molecule has 0 bridgehead atoms. The van der Waals surface area contributed by atoms with Crippen molar-refractivity contribution in [2.24, 2.45) is 0 Å². The molecule has 3 amide bonds. The number of nitrogens with one attached hydrogen (secondary N) is 2. The number of hydrazine groups is 1. The van der Waals surface area contributed by atoms with Gasteiger partial charge in [-0.05, 0) is 31.4 Å². The summed E-state index contributed by atoms with van der Waals surface area (Å²) >= 11 is 0. The smallest absolute Gasteiger partial charge is 0.268 e. The normalized spacial score (nSPS) is 21.3. The number of anilines is 1. The Morgan fingerprint density at radius 2 is 1.79 bits per heavy atom. The van der Waals surface area contributed by atoms with Crippen LogP contribution in [0.25, 0.3) is 10.8 Å². The fraction of sp³-hybridized carbons (Fsp3) is 0.409. The van der Waals surface area contributed by atoms with Gasteiger partial charge in [0.1, 0.15) is 12.1 Å². The largest absolute Gasteiger partial charge is 0.377 e. The molecule has 4 rings (SSSR count). The van der Waals surface area contributed by atoms with Crippen LogP contribution < -0.4 is 15.1 Å². The van der Waals surface area contributed by atoms with Crippen LogP contribution in [0.3, 0.4) is 0 Å². The van der Waals surface area contributed by atoms with E-state index in [9.17, 15) is 22.8 Å². The monoisotopic (exact) mass is 489 g/mol. The second-order valence-corrected chi connectivity index (χ2v) is 10.3. The predicted molar refractivity (Wildman–Crippen MR) is 123 cm³/mol. The Morgan fingerprint density at radius 3 is 2.50 bits per heavy atom. The van der Waals surface area contributed by atoms with Crippen molar-refractivity contribution in [3.8, 4) is 0 Å². The Hall–Kier alpha value is -3.22. The molecule has 2 atom stereocenters. The molecule has 3 N–H and O–H groups in total. The SMILES string of the molecule is CN(C)c1cccc2c(S(=O)(=O)N[C@H]3CCC(=O)N4CCC[C@@H](C(=O)NO)N4C3=O)cccc12. The van der Waals surface area contributed by atoms with Crippen LogP contribution in [0.1, 0.15) is 25.7 Å². The second-order valence-electron chi connectivity index (χ2n) is 8.57. The Kier molecular flexibility index (Phi) is 6.47. The molecule has 0 radical (unpaired) electrons. The van der Waals surface area contributed by atoms with Gasteiger partial charge in [0.2, 0.25) is 15.9 Å². The number of amides is 3. The molecule has 0 aromatic heterocycles. The molecule has 34 heavy (non-hydrogen) atoms. The minimum absolute atomic E-state index is 0.0113. The number of nitrogens with zero attached hydrogens (tertiary/aromatic N) is 3. The average Bonchev–Trinajstić information content (AvgIpc) is 2.94. The second kappa shape index (κ2) is 9.20. The van der Waals surface area contributed by atoms with E-state index in [1.54, 1.807) is 18.2 Å². The first-order chi connectivity index (χ1) is 16.2. The van der Waals surface area contributed by atoms with E-state index in [1.165, 1.54) is 16.6 Å². The highest BCUT2D eigenvalue weighted by atomic mass is 32.2. The van der Waals surface area contributed by atoms with Gasteiger partial charge in [-0.1, -0.05) is 24.3 Å². The van der Waals surface area contributed by atoms with Crippen LogP contribution in [-0.2, 0) is 24.4 Å². The first-order valence-corrected chi connectivity index (χ1v) is 12.4. The molecule has 182 valence electrons. The average molecular weight is 490 g/mol. The molecule has 0 aliphatic carbocycles. The van der Waals surface area contributed by atoms with E-state index in [1.807, 2.05) is 31.1 Å². The van der Waals surface area contributed by atoms with E-state index in [4.69, 9.17) is 5.21 Å². The maximum Gasteiger partial charge on any atom is 0.268 e. The summed E-state index contributed by atoms with van der Waals surface area (Å²) < 4.78 is 29.4. The minimum Gasteiger partial charge on any atom is -0.377 e. The predicted octanol–water partition coefficient (Wildman–Crippen LogP) is 0.587. The van der Waals surface area contributed by atoms with Crippen molar-refractivity contribution in [3.63, 3.8) is 0 Å². The van der Waals surface area contributed by atoms with Crippen LogP contribution in [-0.4, -0.2) is 74.1 Å². The summed E-state index contributed by atoms with van der Waals surface area (Å²) in [4.78, 5) is 40.2. The van der Waals surface area contributed by atoms with Crippen LogP contribution in [0.15, 0.2) is 41.3 Å². The zero-order valence-electron chi connectivity index (χ0n) is 18.9. The molecule has 2 fully saturated rings. The highest BCUT2D eigenvalue weighted by Crippen LogP contribution is 2.31. The molecule has 2 aliphatic rings. The summed E-state index contributed by atoms with van der Waals surface area (Å²) in [6.45, 7) is 0.232. The van der Waals surface area contributed by atoms with Gasteiger partial charge in [0, 0.05) is 43.5 Å². The van der Waals surface area contributed by atoms with Crippen LogP contribution >= 0.6 is 0 Å². The summed E-state index contributed by atoms with van der Waals surface area (Å²) in [6, 6.07) is 7.90. The Morgan fingerprint density at radius 1 is 1.09 bits per heavy atom. The third kappa shape index (κ3) is 4.19. The fourth-order valence-electron chi connectivity index (χ4n) is 4.60. The summed E-state index contributed by atoms with van der Waals surface area (Å²) in [5, 5.41) is 12.5. The molecular formula is C22H27N5O6S. The number of sulfonamides is 1. The Bertz CT molecular complexity index is 1250. The van der Waals surface area contributed by atoms with Crippen LogP contribution in [0.5, 0.6) is 0 Å². The highest BCUT2D eigenvalue weighted by molar-refractivity contribution is 7.89. The lowest BCUT2D eigenvalue weighted by molar-refractivity contribution is -0.177. The van der Waals surface area contributed by atoms with Crippen molar-refractivity contribution in [1.82, 2.24) is 20.2 Å². The third-order valence-electron chi connectivity index (χ3n) is 6.20. The number of hydrogen-bond donors (Lipinski definition) is 3. The number of hydroxylamine groups is 1. The van der Waals surface area contributed by atoms with Gasteiger partial charge in [-0.25, -0.2) is 18.9 Å². The van der Waals surface area contributed by atoms with E-state index in [-0.39, 0.29) is 36.6 Å². The molecule has 2 aromatic carbocycles. The number of hydrogen-bond acceptors (Lipinski definition) is 7. The topological polar surface area (TPSA) is 139 Å². The zero-order chi connectivity index (χ0) is 24.6. The lowest BCUT2D eigenvalue weighted by Crippen LogP contribution is -2.63. The summed E-state index contributed by atoms with van der Waals surface area (Å²) in [7, 11) is -0.453. The van der Waals surface area contributed by atoms with Crippen molar-refractivity contribution in [2.75, 3.05) is 25.5 Å². The van der Waals surface area contributed by atoms with Gasteiger partial charge in [0.25, 0.3) is 11.8 Å². The number of rotatable bonds is 5. The molecule has 12 heteroatoms. The molecular weight excluding hydrogens is 462 g/mol. The van der Waals surface area contributed by atoms with Gasteiger partial charge in [-0.2, -0.15) is 4.72 Å². The maximum absolute atomic E-state index is 13.5. The van der Waals surface area contributed by atoms with Crippen LogP contribution in [0.4, 0.5) is 5.69 Å². The first-order valence-electron chi connectivity index (χ1n) is 10.9. The van der Waals surface area contributed by atoms with Gasteiger partial charge in [-0.15, -0.1) is 0 Å². The third-order valence-corrected chi connectivity index (χ3v) is 7.73.